The van der Waals surface area contributed by atoms with Gasteiger partial charge in [0.15, 0.2) is 0 Å². The van der Waals surface area contributed by atoms with Gasteiger partial charge in [0.25, 0.3) is 0 Å². The smallest absolute Gasteiger partial charge is 0.396 e. The summed E-state index contributed by atoms with van der Waals surface area (Å²) in [5, 5.41) is 1.98. The van der Waals surface area contributed by atoms with E-state index in [1.54, 1.807) is 23.3 Å². The Morgan fingerprint density at radius 3 is 2.71 bits per heavy atom. The van der Waals surface area contributed by atoms with Crippen LogP contribution in [-0.4, -0.2) is 18.1 Å². The average Bonchev–Trinajstić information content (AvgIpc) is 2.90. The van der Waals surface area contributed by atoms with Crippen molar-refractivity contribution in [2.45, 2.75) is 25.6 Å². The lowest BCUT2D eigenvalue weighted by atomic mass is 10.1. The van der Waals surface area contributed by atoms with Gasteiger partial charge in [0.1, 0.15) is 5.69 Å². The van der Waals surface area contributed by atoms with Gasteiger partial charge in [-0.05, 0) is 24.4 Å². The van der Waals surface area contributed by atoms with Crippen molar-refractivity contribution in [3.05, 3.63) is 40.3 Å². The normalized spacial score (nSPS) is 13.2. The van der Waals surface area contributed by atoms with E-state index in [9.17, 15) is 13.2 Å². The first-order valence-electron chi connectivity index (χ1n) is 6.37. The van der Waals surface area contributed by atoms with Gasteiger partial charge < -0.3 is 10.6 Å². The fraction of sp³-hybridized carbons (Fsp3) is 0.357. The average molecular weight is 315 g/mol. The first kappa shape index (κ1) is 15.6. The fourth-order valence-electron chi connectivity index (χ4n) is 2.01. The fourth-order valence-corrected chi connectivity index (χ4v) is 2.84. The molecular weight excluding hydrogens is 299 g/mol. The molecule has 2 aromatic rings. The summed E-state index contributed by atoms with van der Waals surface area (Å²) in [4.78, 5) is 6.29. The van der Waals surface area contributed by atoms with Crippen molar-refractivity contribution in [3.8, 4) is 0 Å². The molecule has 0 aliphatic heterocycles. The molecule has 3 nitrogen and oxygen atoms in total. The third kappa shape index (κ3) is 3.66. The summed E-state index contributed by atoms with van der Waals surface area (Å²) < 4.78 is 38.2. The van der Waals surface area contributed by atoms with E-state index in [4.69, 9.17) is 5.73 Å². The number of halogens is 3. The second-order valence-corrected chi connectivity index (χ2v) is 5.90. The number of likely N-dealkylation sites (N-methyl/N-ethyl adjacent to an activating group) is 1. The Bertz CT molecular complexity index is 596. The molecule has 0 fully saturated rings. The van der Waals surface area contributed by atoms with Crippen LogP contribution in [0.25, 0.3) is 0 Å². The molecule has 0 aliphatic carbocycles. The van der Waals surface area contributed by atoms with Gasteiger partial charge in [-0.1, -0.05) is 6.07 Å². The minimum Gasteiger partial charge on any atom is -0.396 e. The molecule has 0 spiro atoms. The molecule has 0 aliphatic rings. The van der Waals surface area contributed by atoms with Gasteiger partial charge in [-0.15, -0.1) is 11.3 Å². The topological polar surface area (TPSA) is 42.2 Å². The number of hydrogen-bond acceptors (Lipinski definition) is 4. The molecule has 0 saturated carbocycles. The Morgan fingerprint density at radius 1 is 1.43 bits per heavy atom. The van der Waals surface area contributed by atoms with E-state index in [2.05, 4.69) is 4.98 Å². The van der Waals surface area contributed by atoms with E-state index in [-0.39, 0.29) is 11.7 Å². The molecule has 0 radical (unpaired) electrons. The van der Waals surface area contributed by atoms with Crippen LogP contribution in [0.5, 0.6) is 0 Å². The molecule has 7 heteroatoms. The highest BCUT2D eigenvalue weighted by Gasteiger charge is 2.33. The van der Waals surface area contributed by atoms with E-state index in [0.29, 0.717) is 5.69 Å². The summed E-state index contributed by atoms with van der Waals surface area (Å²) in [6, 6.07) is 4.98. The molecule has 0 amide bonds. The molecule has 1 atom stereocenters. The number of nitrogens with zero attached hydrogens (tertiary/aromatic N) is 2. The minimum atomic E-state index is -4.47. The maximum Gasteiger partial charge on any atom is 0.433 e. The number of anilines is 2. The van der Waals surface area contributed by atoms with Crippen molar-refractivity contribution < 1.29 is 13.2 Å². The Morgan fingerprint density at radius 2 is 2.14 bits per heavy atom. The Balaban J connectivity index is 2.23. The molecule has 114 valence electrons. The molecule has 1 unspecified atom stereocenters. The third-order valence-electron chi connectivity index (χ3n) is 3.32. The summed E-state index contributed by atoms with van der Waals surface area (Å²) in [5.74, 6) is 0. The van der Waals surface area contributed by atoms with Crippen molar-refractivity contribution in [3.63, 3.8) is 0 Å². The zero-order valence-electron chi connectivity index (χ0n) is 11.7. The summed E-state index contributed by atoms with van der Waals surface area (Å²) >= 11 is 1.63. The van der Waals surface area contributed by atoms with Crippen molar-refractivity contribution in [2.24, 2.45) is 0 Å². The highest BCUT2D eigenvalue weighted by molar-refractivity contribution is 7.09. The molecule has 0 aromatic carbocycles. The van der Waals surface area contributed by atoms with E-state index < -0.39 is 11.9 Å². The van der Waals surface area contributed by atoms with Gasteiger partial charge in [0.2, 0.25) is 0 Å². The molecule has 2 N–H and O–H groups in total. The van der Waals surface area contributed by atoms with Crippen LogP contribution in [0.1, 0.15) is 17.5 Å². The van der Waals surface area contributed by atoms with E-state index in [1.807, 2.05) is 24.4 Å². The number of pyridine rings is 1. The van der Waals surface area contributed by atoms with Gasteiger partial charge in [-0.2, -0.15) is 13.2 Å². The van der Waals surface area contributed by atoms with Gasteiger partial charge in [-0.3, -0.25) is 0 Å². The number of nitrogens with two attached hydrogens (primary N) is 1. The molecule has 21 heavy (non-hydrogen) atoms. The van der Waals surface area contributed by atoms with Crippen molar-refractivity contribution in [2.75, 3.05) is 17.7 Å². The number of hydrogen-bond donors (Lipinski definition) is 1. The first-order valence-corrected chi connectivity index (χ1v) is 7.25. The van der Waals surface area contributed by atoms with Crippen molar-refractivity contribution >= 4 is 22.7 Å². The summed E-state index contributed by atoms with van der Waals surface area (Å²) in [7, 11) is 1.74. The molecule has 2 heterocycles. The molecule has 0 bridgehead atoms. The van der Waals surface area contributed by atoms with E-state index in [0.717, 1.165) is 18.7 Å². The van der Waals surface area contributed by atoms with Crippen LogP contribution in [0.2, 0.25) is 0 Å². The second-order valence-electron chi connectivity index (χ2n) is 4.87. The highest BCUT2D eigenvalue weighted by atomic mass is 32.1. The number of thiophene rings is 1. The lowest BCUT2D eigenvalue weighted by Gasteiger charge is -2.28. The predicted molar refractivity (Wildman–Crippen MR) is 79.5 cm³/mol. The molecular formula is C14H16F3N3S. The number of nitrogen functional groups attached to an aromatic ring is 1. The second kappa shape index (κ2) is 5.93. The van der Waals surface area contributed by atoms with Crippen LogP contribution in [-0.2, 0) is 12.6 Å². The van der Waals surface area contributed by atoms with Gasteiger partial charge >= 0.3 is 6.18 Å². The quantitative estimate of drug-likeness (QED) is 0.933. The van der Waals surface area contributed by atoms with Crippen molar-refractivity contribution in [1.82, 2.24) is 4.98 Å². The lowest BCUT2D eigenvalue weighted by Crippen LogP contribution is -2.31. The maximum atomic E-state index is 12.7. The first-order chi connectivity index (χ1) is 9.79. The highest BCUT2D eigenvalue weighted by Crippen LogP contribution is 2.33. The standard InChI is InChI=1S/C14H16F3N3S/c1-9(6-10-4-3-5-21-10)20(2)12-7-13(14(15,16)17)19-8-11(12)18/h3-5,7-9H,6,18H2,1-2H3. The van der Waals surface area contributed by atoms with Crippen LogP contribution in [0.3, 0.4) is 0 Å². The van der Waals surface area contributed by atoms with E-state index >= 15 is 0 Å². The van der Waals surface area contributed by atoms with Crippen LogP contribution in [0, 0.1) is 0 Å². The SMILES string of the molecule is CC(Cc1cccs1)N(C)c1cc(C(F)(F)F)ncc1N. The molecule has 0 saturated heterocycles. The summed E-state index contributed by atoms with van der Waals surface area (Å²) in [6.45, 7) is 1.95. The minimum absolute atomic E-state index is 0.0226. The van der Waals surface area contributed by atoms with Gasteiger partial charge in [-0.25, -0.2) is 4.98 Å². The van der Waals surface area contributed by atoms with E-state index in [1.165, 1.54) is 4.88 Å². The largest absolute Gasteiger partial charge is 0.433 e. The predicted octanol–water partition coefficient (Wildman–Crippen LogP) is 3.81. The Kier molecular flexibility index (Phi) is 4.41. The zero-order chi connectivity index (χ0) is 15.6. The zero-order valence-corrected chi connectivity index (χ0v) is 12.5. The van der Waals surface area contributed by atoms with Gasteiger partial charge in [0.05, 0.1) is 17.6 Å². The third-order valence-corrected chi connectivity index (χ3v) is 4.22. The summed E-state index contributed by atoms with van der Waals surface area (Å²) in [6.07, 6.45) is -2.66. The van der Waals surface area contributed by atoms with Crippen molar-refractivity contribution in [1.29, 1.82) is 0 Å². The lowest BCUT2D eigenvalue weighted by molar-refractivity contribution is -0.141. The number of alkyl halides is 3. The van der Waals surface area contributed by atoms with Crippen LogP contribution in [0.15, 0.2) is 29.8 Å². The monoisotopic (exact) mass is 315 g/mol. The molecule has 2 aromatic heterocycles. The summed E-state index contributed by atoms with van der Waals surface area (Å²) in [5.41, 5.74) is 5.43. The van der Waals surface area contributed by atoms with Crippen LogP contribution in [0.4, 0.5) is 24.5 Å². The number of rotatable bonds is 4. The number of aromatic nitrogens is 1. The Labute approximate surface area is 125 Å². The van der Waals surface area contributed by atoms with Crippen LogP contribution >= 0.6 is 11.3 Å². The Hall–Kier alpha value is -1.76. The maximum absolute atomic E-state index is 12.7. The molecule has 2 rings (SSSR count). The van der Waals surface area contributed by atoms with Crippen LogP contribution < -0.4 is 10.6 Å². The van der Waals surface area contributed by atoms with Gasteiger partial charge in [0, 0.05) is 24.4 Å².